The fourth-order valence-electron chi connectivity index (χ4n) is 2.09. The van der Waals surface area contributed by atoms with Gasteiger partial charge < -0.3 is 15.4 Å². The molecule has 1 aromatic rings. The third kappa shape index (κ3) is 8.99. The molecule has 0 bridgehead atoms. The van der Waals surface area contributed by atoms with Gasteiger partial charge in [0.1, 0.15) is 12.4 Å². The maximum Gasteiger partial charge on any atom is 0.401 e. The lowest BCUT2D eigenvalue weighted by Gasteiger charge is -2.19. The van der Waals surface area contributed by atoms with Gasteiger partial charge in [0.25, 0.3) is 0 Å². The average molecular weight is 358 g/mol. The maximum absolute atomic E-state index is 12.3. The third-order valence-corrected chi connectivity index (χ3v) is 3.23. The Labute approximate surface area is 146 Å². The van der Waals surface area contributed by atoms with E-state index in [0.717, 1.165) is 11.3 Å². The summed E-state index contributed by atoms with van der Waals surface area (Å²) in [7, 11) is 3.04. The Kier molecular flexibility index (Phi) is 8.83. The lowest BCUT2D eigenvalue weighted by Crippen LogP contribution is -2.42. The van der Waals surface area contributed by atoms with Crippen molar-refractivity contribution in [2.75, 3.05) is 40.3 Å². The molecule has 0 fully saturated rings. The largest absolute Gasteiger partial charge is 0.489 e. The molecule has 0 spiro atoms. The molecule has 2 N–H and O–H groups in total. The molecule has 0 aromatic heterocycles. The standard InChI is InChI=1S/C17H25F3N4O/c1-4-11-25-15-8-6-5-7-14(15)12-23-16(21-2)22-9-10-24(3)13-17(18,19)20/h4-8H,1,9-13H2,2-3H3,(H2,21,22,23). The lowest BCUT2D eigenvalue weighted by molar-refractivity contribution is -0.142. The molecule has 0 aliphatic rings. The van der Waals surface area contributed by atoms with Gasteiger partial charge in [-0.25, -0.2) is 0 Å². The van der Waals surface area contributed by atoms with Crippen LogP contribution in [0.25, 0.3) is 0 Å². The minimum atomic E-state index is -4.19. The molecular weight excluding hydrogens is 333 g/mol. The number of hydrogen-bond donors (Lipinski definition) is 2. The van der Waals surface area contributed by atoms with Crippen LogP contribution in [0.4, 0.5) is 13.2 Å². The van der Waals surface area contributed by atoms with Crippen LogP contribution in [-0.4, -0.2) is 57.4 Å². The van der Waals surface area contributed by atoms with Crippen molar-refractivity contribution in [1.29, 1.82) is 0 Å². The van der Waals surface area contributed by atoms with Gasteiger partial charge in [0, 0.05) is 32.2 Å². The molecule has 1 rings (SSSR count). The molecule has 140 valence electrons. The van der Waals surface area contributed by atoms with Gasteiger partial charge in [-0.1, -0.05) is 30.9 Å². The van der Waals surface area contributed by atoms with Crippen LogP contribution in [0.2, 0.25) is 0 Å². The van der Waals surface area contributed by atoms with Crippen molar-refractivity contribution >= 4 is 5.96 Å². The van der Waals surface area contributed by atoms with Crippen molar-refractivity contribution in [2.45, 2.75) is 12.7 Å². The molecule has 8 heteroatoms. The molecule has 0 radical (unpaired) electrons. The first kappa shape index (κ1) is 20.8. The number of rotatable bonds is 9. The average Bonchev–Trinajstić information content (AvgIpc) is 2.55. The normalized spacial score (nSPS) is 12.2. The smallest absolute Gasteiger partial charge is 0.401 e. The second-order valence-corrected chi connectivity index (χ2v) is 5.41. The van der Waals surface area contributed by atoms with Crippen molar-refractivity contribution in [1.82, 2.24) is 15.5 Å². The Morgan fingerprint density at radius 1 is 1.32 bits per heavy atom. The first-order chi connectivity index (χ1) is 11.9. The van der Waals surface area contributed by atoms with E-state index in [-0.39, 0.29) is 6.54 Å². The van der Waals surface area contributed by atoms with Gasteiger partial charge in [-0.15, -0.1) is 0 Å². The number of nitrogens with zero attached hydrogens (tertiary/aromatic N) is 2. The first-order valence-electron chi connectivity index (χ1n) is 7.87. The van der Waals surface area contributed by atoms with E-state index in [9.17, 15) is 13.2 Å². The quantitative estimate of drug-likeness (QED) is 0.404. The number of benzene rings is 1. The highest BCUT2D eigenvalue weighted by atomic mass is 19.4. The Morgan fingerprint density at radius 2 is 2.04 bits per heavy atom. The maximum atomic E-state index is 12.3. The number of hydrogen-bond acceptors (Lipinski definition) is 3. The van der Waals surface area contributed by atoms with Gasteiger partial charge >= 0.3 is 6.18 Å². The topological polar surface area (TPSA) is 48.9 Å². The minimum absolute atomic E-state index is 0.249. The fourth-order valence-corrected chi connectivity index (χ4v) is 2.09. The highest BCUT2D eigenvalue weighted by Crippen LogP contribution is 2.17. The van der Waals surface area contributed by atoms with Crippen LogP contribution < -0.4 is 15.4 Å². The molecular formula is C17H25F3N4O. The van der Waals surface area contributed by atoms with Gasteiger partial charge in [-0.3, -0.25) is 9.89 Å². The van der Waals surface area contributed by atoms with Crippen molar-refractivity contribution in [2.24, 2.45) is 4.99 Å². The summed E-state index contributed by atoms with van der Waals surface area (Å²) in [6.45, 7) is 4.17. The van der Waals surface area contributed by atoms with Gasteiger partial charge in [-0.05, 0) is 13.1 Å². The summed E-state index contributed by atoms with van der Waals surface area (Å²) < 4.78 is 42.4. The van der Waals surface area contributed by atoms with E-state index in [4.69, 9.17) is 4.74 Å². The van der Waals surface area contributed by atoms with Crippen molar-refractivity contribution < 1.29 is 17.9 Å². The Balaban J connectivity index is 2.43. The molecule has 0 heterocycles. The number of nitrogens with one attached hydrogen (secondary N) is 2. The molecule has 5 nitrogen and oxygen atoms in total. The summed E-state index contributed by atoms with van der Waals surface area (Å²) in [5, 5.41) is 6.11. The zero-order valence-corrected chi connectivity index (χ0v) is 14.6. The van der Waals surface area contributed by atoms with E-state index >= 15 is 0 Å². The lowest BCUT2D eigenvalue weighted by atomic mass is 10.2. The van der Waals surface area contributed by atoms with E-state index < -0.39 is 12.7 Å². The number of halogens is 3. The molecule has 0 aliphatic heterocycles. The van der Waals surface area contributed by atoms with E-state index in [1.807, 2.05) is 24.3 Å². The summed E-state index contributed by atoms with van der Waals surface area (Å²) in [5.74, 6) is 1.26. The van der Waals surface area contributed by atoms with Crippen molar-refractivity contribution in [3.8, 4) is 5.75 Å². The predicted octanol–water partition coefficient (Wildman–Crippen LogP) is 2.41. The van der Waals surface area contributed by atoms with Crippen LogP contribution in [0, 0.1) is 0 Å². The molecule has 0 unspecified atom stereocenters. The van der Waals surface area contributed by atoms with Gasteiger partial charge in [0.15, 0.2) is 5.96 Å². The second-order valence-electron chi connectivity index (χ2n) is 5.41. The van der Waals surface area contributed by atoms with Gasteiger partial charge in [-0.2, -0.15) is 13.2 Å². The fraction of sp³-hybridized carbons (Fsp3) is 0.471. The van der Waals surface area contributed by atoms with Crippen LogP contribution in [-0.2, 0) is 6.54 Å². The molecule has 25 heavy (non-hydrogen) atoms. The number of ether oxygens (including phenoxy) is 1. The molecule has 0 amide bonds. The van der Waals surface area contributed by atoms with Crippen LogP contribution in [0.1, 0.15) is 5.56 Å². The van der Waals surface area contributed by atoms with Crippen LogP contribution >= 0.6 is 0 Å². The van der Waals surface area contributed by atoms with E-state index in [1.54, 1.807) is 13.1 Å². The predicted molar refractivity (Wildman–Crippen MR) is 93.9 cm³/mol. The summed E-state index contributed by atoms with van der Waals surface area (Å²) in [4.78, 5) is 5.27. The number of aliphatic imine (C=N–C) groups is 1. The summed E-state index contributed by atoms with van der Waals surface area (Å²) >= 11 is 0. The van der Waals surface area contributed by atoms with E-state index in [1.165, 1.54) is 11.9 Å². The monoisotopic (exact) mass is 358 g/mol. The van der Waals surface area contributed by atoms with Crippen molar-refractivity contribution in [3.63, 3.8) is 0 Å². The second kappa shape index (κ2) is 10.6. The number of likely N-dealkylation sites (N-methyl/N-ethyl adjacent to an activating group) is 1. The number of alkyl halides is 3. The summed E-state index contributed by atoms with van der Waals surface area (Å²) in [6.07, 6.45) is -2.52. The van der Waals surface area contributed by atoms with E-state index in [0.29, 0.717) is 25.7 Å². The van der Waals surface area contributed by atoms with Crippen LogP contribution in [0.5, 0.6) is 5.75 Å². The molecule has 0 saturated heterocycles. The zero-order valence-electron chi connectivity index (χ0n) is 14.6. The third-order valence-electron chi connectivity index (χ3n) is 3.23. The first-order valence-corrected chi connectivity index (χ1v) is 7.87. The molecule has 1 aromatic carbocycles. The van der Waals surface area contributed by atoms with Crippen LogP contribution in [0.15, 0.2) is 41.9 Å². The van der Waals surface area contributed by atoms with Gasteiger partial charge in [0.2, 0.25) is 0 Å². The summed E-state index contributed by atoms with van der Waals surface area (Å²) in [5.41, 5.74) is 0.946. The molecule has 0 saturated carbocycles. The number of guanidine groups is 1. The Bertz CT molecular complexity index is 561. The van der Waals surface area contributed by atoms with Crippen molar-refractivity contribution in [3.05, 3.63) is 42.5 Å². The van der Waals surface area contributed by atoms with E-state index in [2.05, 4.69) is 22.2 Å². The highest BCUT2D eigenvalue weighted by Gasteiger charge is 2.28. The number of para-hydroxylation sites is 1. The van der Waals surface area contributed by atoms with Gasteiger partial charge in [0.05, 0.1) is 6.54 Å². The molecule has 0 aliphatic carbocycles. The Hall–Kier alpha value is -2.22. The highest BCUT2D eigenvalue weighted by molar-refractivity contribution is 5.79. The zero-order chi connectivity index (χ0) is 18.7. The Morgan fingerprint density at radius 3 is 2.68 bits per heavy atom. The summed E-state index contributed by atoms with van der Waals surface area (Å²) in [6, 6.07) is 7.57. The SMILES string of the molecule is C=CCOc1ccccc1CNC(=NC)NCCN(C)CC(F)(F)F. The molecule has 0 atom stereocenters. The minimum Gasteiger partial charge on any atom is -0.489 e. The van der Waals surface area contributed by atoms with Crippen LogP contribution in [0.3, 0.4) is 0 Å².